The number of alkyl carbamates (subject to hydrolysis) is 1. The highest BCUT2D eigenvalue weighted by molar-refractivity contribution is 5.75. The van der Waals surface area contributed by atoms with Gasteiger partial charge in [0.1, 0.15) is 5.60 Å². The van der Waals surface area contributed by atoms with E-state index in [1.807, 2.05) is 4.90 Å². The molecule has 1 amide bonds. The molecule has 1 N–H and O–H groups in total. The van der Waals surface area contributed by atoms with Gasteiger partial charge in [-0.15, -0.1) is 5.92 Å². The third kappa shape index (κ3) is 7.31. The molecule has 10 nitrogen and oxygen atoms in total. The highest BCUT2D eigenvalue weighted by Crippen LogP contribution is 2.30. The van der Waals surface area contributed by atoms with Crippen molar-refractivity contribution < 1.29 is 22.7 Å². The molecule has 1 aliphatic rings. The summed E-state index contributed by atoms with van der Waals surface area (Å²) in [7, 11) is 1.51. The van der Waals surface area contributed by atoms with Crippen LogP contribution in [0.15, 0.2) is 39.9 Å². The van der Waals surface area contributed by atoms with E-state index < -0.39 is 34.7 Å². The van der Waals surface area contributed by atoms with E-state index in [0.717, 1.165) is 29.5 Å². The lowest BCUT2D eigenvalue weighted by molar-refractivity contribution is -0.137. The summed E-state index contributed by atoms with van der Waals surface area (Å²) < 4.78 is 48.6. The third-order valence-corrected chi connectivity index (χ3v) is 6.86. The average molecular weight is 601 g/mol. The van der Waals surface area contributed by atoms with Crippen LogP contribution in [0.2, 0.25) is 0 Å². The summed E-state index contributed by atoms with van der Waals surface area (Å²) in [5, 5.41) is 2.90. The molecular formula is C30H35F3N6O4. The summed E-state index contributed by atoms with van der Waals surface area (Å²) in [6.45, 7) is 8.02. The van der Waals surface area contributed by atoms with Gasteiger partial charge in [0.05, 0.1) is 12.1 Å². The van der Waals surface area contributed by atoms with Crippen molar-refractivity contribution in [2.24, 2.45) is 7.05 Å². The fraction of sp³-hybridized carbons (Fsp3) is 0.467. The lowest BCUT2D eigenvalue weighted by Gasteiger charge is -2.34. The van der Waals surface area contributed by atoms with Crippen molar-refractivity contribution in [1.82, 2.24) is 24.0 Å². The number of amides is 1. The van der Waals surface area contributed by atoms with E-state index in [4.69, 9.17) is 4.74 Å². The van der Waals surface area contributed by atoms with Crippen LogP contribution in [0.3, 0.4) is 0 Å². The molecule has 1 aromatic carbocycles. The first kappa shape index (κ1) is 31.5. The molecule has 4 rings (SSSR count). The van der Waals surface area contributed by atoms with Crippen LogP contribution in [0.25, 0.3) is 17.2 Å². The smallest absolute Gasteiger partial charge is 0.416 e. The number of nitrogens with one attached hydrogen (secondary N) is 1. The van der Waals surface area contributed by atoms with Crippen molar-refractivity contribution in [3.8, 4) is 11.8 Å². The molecule has 1 atom stereocenters. The van der Waals surface area contributed by atoms with Crippen LogP contribution in [-0.4, -0.2) is 49.5 Å². The van der Waals surface area contributed by atoms with E-state index in [9.17, 15) is 27.6 Å². The number of piperidine rings is 1. The van der Waals surface area contributed by atoms with E-state index in [0.29, 0.717) is 19.0 Å². The molecule has 3 aromatic rings. The summed E-state index contributed by atoms with van der Waals surface area (Å²) in [5.74, 6) is 6.24. The summed E-state index contributed by atoms with van der Waals surface area (Å²) in [5.41, 5.74) is -2.00. The van der Waals surface area contributed by atoms with Gasteiger partial charge in [-0.3, -0.25) is 18.5 Å². The Morgan fingerprint density at radius 3 is 2.63 bits per heavy atom. The standard InChI is InChI=1S/C30H35F3N6O4/c1-6-7-16-38-23-24(35-26(38)37-15-10-14-22(19-37)34-27(41)43-29(2,3)4)36(5)28(42)39(25(23)40)17-9-12-20-11-8-13-21(18-20)30(31,32)33/h8-9,11-13,18,22H,10,14-17,19H2,1-5H3,(H,34,41)/b12-9+/t22-/m1/s1. The lowest BCUT2D eigenvalue weighted by atomic mass is 10.1. The molecule has 43 heavy (non-hydrogen) atoms. The van der Waals surface area contributed by atoms with Gasteiger partial charge in [-0.05, 0) is 58.2 Å². The van der Waals surface area contributed by atoms with Crippen LogP contribution < -0.4 is 21.5 Å². The van der Waals surface area contributed by atoms with Gasteiger partial charge < -0.3 is 15.0 Å². The molecule has 1 saturated heterocycles. The van der Waals surface area contributed by atoms with E-state index in [-0.39, 0.29) is 35.9 Å². The monoisotopic (exact) mass is 600 g/mol. The molecule has 2 aromatic heterocycles. The second-order valence-corrected chi connectivity index (χ2v) is 11.3. The van der Waals surface area contributed by atoms with Gasteiger partial charge in [0.25, 0.3) is 5.56 Å². The fourth-order valence-corrected chi connectivity index (χ4v) is 4.93. The Hall–Kier alpha value is -4.47. The second-order valence-electron chi connectivity index (χ2n) is 11.3. The molecule has 0 bridgehead atoms. The number of carbonyl (C=O) groups excluding carboxylic acids is 1. The van der Waals surface area contributed by atoms with Crippen molar-refractivity contribution in [1.29, 1.82) is 0 Å². The second kappa shape index (κ2) is 12.4. The van der Waals surface area contributed by atoms with Gasteiger partial charge in [0.2, 0.25) is 5.95 Å². The maximum Gasteiger partial charge on any atom is 0.416 e. The largest absolute Gasteiger partial charge is 0.444 e. The molecule has 0 radical (unpaired) electrons. The van der Waals surface area contributed by atoms with Crippen LogP contribution in [0, 0.1) is 11.8 Å². The number of rotatable bonds is 6. The molecule has 3 heterocycles. The normalized spacial score (nSPS) is 15.9. The zero-order chi connectivity index (χ0) is 31.5. The SMILES string of the molecule is CC#CCn1c(N2CCC[C@@H](NC(=O)OC(C)(C)C)C2)nc2c1c(=O)n(C/C=C/c1cccc(C(F)(F)F)c1)c(=O)n2C. The van der Waals surface area contributed by atoms with Crippen LogP contribution in [0.5, 0.6) is 0 Å². The number of fused-ring (bicyclic) bond motifs is 1. The van der Waals surface area contributed by atoms with Crippen molar-refractivity contribution in [3.05, 3.63) is 62.3 Å². The summed E-state index contributed by atoms with van der Waals surface area (Å²) in [6.07, 6.45) is -0.634. The molecule has 0 unspecified atom stereocenters. The van der Waals surface area contributed by atoms with Crippen LogP contribution in [0.1, 0.15) is 51.7 Å². The number of aromatic nitrogens is 4. The van der Waals surface area contributed by atoms with Crippen LogP contribution >= 0.6 is 0 Å². The van der Waals surface area contributed by atoms with Gasteiger partial charge in [-0.2, -0.15) is 18.2 Å². The van der Waals surface area contributed by atoms with Gasteiger partial charge in [-0.25, -0.2) is 9.59 Å². The molecular weight excluding hydrogens is 565 g/mol. The number of carbonyl (C=O) groups is 1. The zero-order valence-corrected chi connectivity index (χ0v) is 24.8. The first-order valence-electron chi connectivity index (χ1n) is 13.9. The minimum Gasteiger partial charge on any atom is -0.444 e. The molecule has 1 aliphatic heterocycles. The number of alkyl halides is 3. The molecule has 13 heteroatoms. The number of hydrogen-bond acceptors (Lipinski definition) is 6. The van der Waals surface area contributed by atoms with Crippen molar-refractivity contribution >= 4 is 29.3 Å². The van der Waals surface area contributed by atoms with E-state index in [2.05, 4.69) is 22.1 Å². The van der Waals surface area contributed by atoms with Gasteiger partial charge in [0, 0.05) is 32.7 Å². The van der Waals surface area contributed by atoms with Crippen molar-refractivity contribution in [3.63, 3.8) is 0 Å². The highest BCUT2D eigenvalue weighted by Gasteiger charge is 2.31. The topological polar surface area (TPSA) is 103 Å². The van der Waals surface area contributed by atoms with Gasteiger partial charge in [0.15, 0.2) is 11.2 Å². The molecule has 1 fully saturated rings. The Morgan fingerprint density at radius 1 is 1.21 bits per heavy atom. The quantitative estimate of drug-likeness (QED) is 0.427. The number of nitrogens with zero attached hydrogens (tertiary/aromatic N) is 5. The van der Waals surface area contributed by atoms with Crippen LogP contribution in [-0.2, 0) is 31.1 Å². The molecule has 230 valence electrons. The van der Waals surface area contributed by atoms with Crippen molar-refractivity contribution in [2.45, 2.75) is 71.4 Å². The predicted molar refractivity (Wildman–Crippen MR) is 158 cm³/mol. The fourth-order valence-electron chi connectivity index (χ4n) is 4.93. The number of benzene rings is 1. The Balaban J connectivity index is 1.69. The Bertz CT molecular complexity index is 1720. The molecule has 0 aliphatic carbocycles. The maximum absolute atomic E-state index is 13.7. The van der Waals surface area contributed by atoms with E-state index >= 15 is 0 Å². The maximum atomic E-state index is 13.7. The van der Waals surface area contributed by atoms with E-state index in [1.54, 1.807) is 32.3 Å². The van der Waals surface area contributed by atoms with Crippen molar-refractivity contribution in [2.75, 3.05) is 18.0 Å². The highest BCUT2D eigenvalue weighted by atomic mass is 19.4. The Labute approximate surface area is 246 Å². The Morgan fingerprint density at radius 2 is 1.95 bits per heavy atom. The number of allylic oxidation sites excluding steroid dienone is 1. The first-order valence-corrected chi connectivity index (χ1v) is 13.9. The summed E-state index contributed by atoms with van der Waals surface area (Å²) in [6, 6.07) is 4.54. The third-order valence-electron chi connectivity index (χ3n) is 6.86. The van der Waals surface area contributed by atoms with E-state index in [1.165, 1.54) is 35.9 Å². The number of imidazole rings is 1. The minimum atomic E-state index is -4.49. The van der Waals surface area contributed by atoms with Crippen LogP contribution in [0.4, 0.5) is 23.9 Å². The zero-order valence-electron chi connectivity index (χ0n) is 24.8. The molecule has 0 saturated carbocycles. The number of aryl methyl sites for hydroxylation is 1. The number of halogens is 3. The van der Waals surface area contributed by atoms with Gasteiger partial charge >= 0.3 is 18.0 Å². The number of ether oxygens (including phenoxy) is 1. The number of anilines is 1. The summed E-state index contributed by atoms with van der Waals surface area (Å²) in [4.78, 5) is 46.0. The molecule has 0 spiro atoms. The van der Waals surface area contributed by atoms with Gasteiger partial charge in [-0.1, -0.05) is 30.2 Å². The average Bonchev–Trinajstić information content (AvgIpc) is 3.31. The predicted octanol–water partition coefficient (Wildman–Crippen LogP) is 4.15. The Kier molecular flexibility index (Phi) is 9.08. The summed E-state index contributed by atoms with van der Waals surface area (Å²) >= 11 is 0. The number of hydrogen-bond donors (Lipinski definition) is 1. The minimum absolute atomic E-state index is 0.135. The lowest BCUT2D eigenvalue weighted by Crippen LogP contribution is -2.49. The first-order chi connectivity index (χ1) is 20.2.